The fraction of sp³-hybridized carbons (Fsp3) is 0.333. The normalized spacial score (nSPS) is 16.8. The molecule has 0 aliphatic carbocycles. The molecule has 1 amide bonds. The Balaban J connectivity index is 1.47. The lowest BCUT2D eigenvalue weighted by Gasteiger charge is -2.30. The molecule has 2 aromatic carbocycles. The van der Waals surface area contributed by atoms with Crippen LogP contribution in [0.25, 0.3) is 10.9 Å². The molecule has 1 N–H and O–H groups in total. The Labute approximate surface area is 176 Å². The molecule has 0 bridgehead atoms. The van der Waals surface area contributed by atoms with Crippen LogP contribution in [0.4, 0.5) is 17.1 Å². The third-order valence-corrected chi connectivity index (χ3v) is 5.94. The van der Waals surface area contributed by atoms with E-state index in [9.17, 15) is 4.79 Å². The van der Waals surface area contributed by atoms with Crippen molar-refractivity contribution in [3.05, 3.63) is 60.3 Å². The molecule has 2 aliphatic rings. The molecule has 0 spiro atoms. The zero-order valence-corrected chi connectivity index (χ0v) is 17.0. The van der Waals surface area contributed by atoms with Crippen molar-refractivity contribution >= 4 is 33.9 Å². The maximum absolute atomic E-state index is 13.3. The summed E-state index contributed by atoms with van der Waals surface area (Å²) in [5.41, 5.74) is 4.52. The van der Waals surface area contributed by atoms with Crippen LogP contribution < -0.4 is 15.1 Å². The van der Waals surface area contributed by atoms with E-state index in [1.165, 1.54) is 12.8 Å². The van der Waals surface area contributed by atoms with Crippen LogP contribution in [0.2, 0.25) is 0 Å². The number of pyridine rings is 1. The Kier molecular flexibility index (Phi) is 5.24. The van der Waals surface area contributed by atoms with Crippen molar-refractivity contribution in [1.82, 2.24) is 4.98 Å². The molecule has 2 aliphatic heterocycles. The summed E-state index contributed by atoms with van der Waals surface area (Å²) < 4.78 is 5.47. The number of morpholine rings is 1. The number of rotatable bonds is 4. The van der Waals surface area contributed by atoms with Gasteiger partial charge in [0.25, 0.3) is 5.91 Å². The number of ether oxygens (including phenoxy) is 1. The van der Waals surface area contributed by atoms with Gasteiger partial charge in [0, 0.05) is 43.4 Å². The summed E-state index contributed by atoms with van der Waals surface area (Å²) in [7, 11) is 0. The second-order valence-corrected chi connectivity index (χ2v) is 7.80. The maximum atomic E-state index is 13.3. The molecule has 154 valence electrons. The zero-order valence-electron chi connectivity index (χ0n) is 17.0. The van der Waals surface area contributed by atoms with E-state index >= 15 is 0 Å². The molecule has 1 aromatic heterocycles. The van der Waals surface area contributed by atoms with Crippen molar-refractivity contribution in [2.45, 2.75) is 12.8 Å². The average Bonchev–Trinajstić information content (AvgIpc) is 3.34. The summed E-state index contributed by atoms with van der Waals surface area (Å²) in [6.45, 7) is 5.08. The third-order valence-electron chi connectivity index (χ3n) is 5.94. The van der Waals surface area contributed by atoms with Gasteiger partial charge in [-0.1, -0.05) is 12.1 Å². The molecule has 3 heterocycles. The molecule has 3 aromatic rings. The second kappa shape index (κ2) is 8.32. The van der Waals surface area contributed by atoms with Crippen molar-refractivity contribution in [2.24, 2.45) is 0 Å². The lowest BCUT2D eigenvalue weighted by atomic mass is 10.1. The van der Waals surface area contributed by atoms with Gasteiger partial charge in [-0.3, -0.25) is 9.78 Å². The first-order chi connectivity index (χ1) is 14.8. The second-order valence-electron chi connectivity index (χ2n) is 7.80. The molecular weight excluding hydrogens is 376 g/mol. The number of anilines is 3. The minimum Gasteiger partial charge on any atom is -0.378 e. The predicted molar refractivity (Wildman–Crippen MR) is 121 cm³/mol. The highest BCUT2D eigenvalue weighted by Gasteiger charge is 2.21. The number of hydrogen-bond acceptors (Lipinski definition) is 5. The van der Waals surface area contributed by atoms with Crippen molar-refractivity contribution in [3.8, 4) is 0 Å². The molecule has 0 atom stereocenters. The number of benzene rings is 2. The van der Waals surface area contributed by atoms with Gasteiger partial charge in [-0.15, -0.1) is 0 Å². The topological polar surface area (TPSA) is 57.7 Å². The molecule has 0 saturated carbocycles. The van der Waals surface area contributed by atoms with E-state index in [1.807, 2.05) is 48.7 Å². The van der Waals surface area contributed by atoms with Crippen LogP contribution in [0.15, 0.2) is 54.7 Å². The van der Waals surface area contributed by atoms with Gasteiger partial charge in [0.15, 0.2) is 0 Å². The number of hydrogen-bond donors (Lipinski definition) is 1. The first-order valence-electron chi connectivity index (χ1n) is 10.7. The smallest absolute Gasteiger partial charge is 0.257 e. The molecule has 0 radical (unpaired) electrons. The van der Waals surface area contributed by atoms with E-state index < -0.39 is 0 Å². The number of para-hydroxylation sites is 1. The third kappa shape index (κ3) is 3.59. The van der Waals surface area contributed by atoms with Gasteiger partial charge < -0.3 is 19.9 Å². The number of carbonyl (C=O) groups excluding carboxylic acids is 1. The monoisotopic (exact) mass is 402 g/mol. The predicted octanol–water partition coefficient (Wildman–Crippen LogP) is 3.92. The van der Waals surface area contributed by atoms with Crippen molar-refractivity contribution < 1.29 is 9.53 Å². The maximum Gasteiger partial charge on any atom is 0.257 e. The summed E-state index contributed by atoms with van der Waals surface area (Å²) in [6.07, 6.45) is 4.25. The SMILES string of the molecule is O=C(Nc1ccc(N2CCCC2)c2ncccc12)c1ccccc1N1CCOCC1. The van der Waals surface area contributed by atoms with Crippen LogP contribution in [0, 0.1) is 0 Å². The highest BCUT2D eigenvalue weighted by Crippen LogP contribution is 2.33. The molecule has 2 fully saturated rings. The lowest BCUT2D eigenvalue weighted by molar-refractivity contribution is 0.102. The zero-order chi connectivity index (χ0) is 20.3. The Bertz CT molecular complexity index is 1060. The highest BCUT2D eigenvalue weighted by atomic mass is 16.5. The van der Waals surface area contributed by atoms with E-state index in [0.717, 1.165) is 54.1 Å². The Morgan fingerprint density at radius 2 is 1.63 bits per heavy atom. The minimum atomic E-state index is -0.101. The van der Waals surface area contributed by atoms with Crippen LogP contribution >= 0.6 is 0 Å². The van der Waals surface area contributed by atoms with E-state index in [4.69, 9.17) is 4.74 Å². The summed E-state index contributed by atoms with van der Waals surface area (Å²) in [6, 6.07) is 15.8. The average molecular weight is 402 g/mol. The largest absolute Gasteiger partial charge is 0.378 e. The van der Waals surface area contributed by atoms with Crippen LogP contribution in [0.3, 0.4) is 0 Å². The summed E-state index contributed by atoms with van der Waals surface area (Å²) in [5.74, 6) is -0.101. The Morgan fingerprint density at radius 1 is 0.867 bits per heavy atom. The van der Waals surface area contributed by atoms with Crippen molar-refractivity contribution in [2.75, 3.05) is 54.5 Å². The van der Waals surface area contributed by atoms with Gasteiger partial charge in [0.05, 0.1) is 35.7 Å². The molecule has 6 heteroatoms. The number of nitrogens with zero attached hydrogens (tertiary/aromatic N) is 3. The minimum absolute atomic E-state index is 0.101. The molecule has 30 heavy (non-hydrogen) atoms. The fourth-order valence-corrected chi connectivity index (χ4v) is 4.42. The molecule has 0 unspecified atom stereocenters. The first kappa shape index (κ1) is 18.9. The van der Waals surface area contributed by atoms with Gasteiger partial charge in [0.2, 0.25) is 0 Å². The van der Waals surface area contributed by atoms with E-state index in [1.54, 1.807) is 0 Å². The number of nitrogens with one attached hydrogen (secondary N) is 1. The Hall–Kier alpha value is -3.12. The Morgan fingerprint density at radius 3 is 2.47 bits per heavy atom. The summed E-state index contributed by atoms with van der Waals surface area (Å²) in [5, 5.41) is 4.11. The van der Waals surface area contributed by atoms with Gasteiger partial charge in [0.1, 0.15) is 0 Å². The number of carbonyl (C=O) groups is 1. The van der Waals surface area contributed by atoms with E-state index in [-0.39, 0.29) is 5.91 Å². The number of amides is 1. The summed E-state index contributed by atoms with van der Waals surface area (Å²) >= 11 is 0. The fourth-order valence-electron chi connectivity index (χ4n) is 4.42. The van der Waals surface area contributed by atoms with Crippen molar-refractivity contribution in [1.29, 1.82) is 0 Å². The molecule has 5 rings (SSSR count). The summed E-state index contributed by atoms with van der Waals surface area (Å²) in [4.78, 5) is 22.5. The molecule has 2 saturated heterocycles. The first-order valence-corrected chi connectivity index (χ1v) is 10.7. The van der Waals surface area contributed by atoms with Crippen molar-refractivity contribution in [3.63, 3.8) is 0 Å². The number of aromatic nitrogens is 1. The standard InChI is InChI=1S/C24H26N4O2/c29-24(19-6-1-2-8-21(19)28-14-16-30-17-15-28)26-20-9-10-22(27-12-3-4-13-27)23-18(20)7-5-11-25-23/h1-2,5-11H,3-4,12-17H2,(H,26,29). The van der Waals surface area contributed by atoms with Crippen LogP contribution in [0.1, 0.15) is 23.2 Å². The van der Waals surface area contributed by atoms with Gasteiger partial charge in [-0.2, -0.15) is 0 Å². The van der Waals surface area contributed by atoms with E-state index in [2.05, 4.69) is 26.2 Å². The molecular formula is C24H26N4O2. The van der Waals surface area contributed by atoms with Gasteiger partial charge in [-0.25, -0.2) is 0 Å². The van der Waals surface area contributed by atoms with Crippen LogP contribution in [-0.2, 0) is 4.74 Å². The van der Waals surface area contributed by atoms with Gasteiger partial charge >= 0.3 is 0 Å². The van der Waals surface area contributed by atoms with Crippen LogP contribution in [0.5, 0.6) is 0 Å². The quantitative estimate of drug-likeness (QED) is 0.717. The lowest BCUT2D eigenvalue weighted by Crippen LogP contribution is -2.37. The highest BCUT2D eigenvalue weighted by molar-refractivity contribution is 6.12. The molecule has 6 nitrogen and oxygen atoms in total. The van der Waals surface area contributed by atoms with E-state index in [0.29, 0.717) is 18.8 Å². The van der Waals surface area contributed by atoms with Crippen LogP contribution in [-0.4, -0.2) is 50.3 Å². The van der Waals surface area contributed by atoms with Gasteiger partial charge in [-0.05, 0) is 49.2 Å². The number of fused-ring (bicyclic) bond motifs is 1.